The standard InChI is InChI=1S/C9H11N3O/c1-6-8(7-4-3-5-11-7)12-9(10-2)13-6/h3-5,11H,1-2H3,(H,10,12). The van der Waals surface area contributed by atoms with E-state index < -0.39 is 0 Å². The van der Waals surface area contributed by atoms with Crippen molar-refractivity contribution in [3.63, 3.8) is 0 Å². The summed E-state index contributed by atoms with van der Waals surface area (Å²) in [5.74, 6) is 0.812. The van der Waals surface area contributed by atoms with Crippen LogP contribution in [0.1, 0.15) is 5.76 Å². The molecule has 2 aromatic rings. The Morgan fingerprint density at radius 3 is 2.92 bits per heavy atom. The minimum atomic E-state index is 0.544. The highest BCUT2D eigenvalue weighted by atomic mass is 16.4. The van der Waals surface area contributed by atoms with Crippen molar-refractivity contribution in [3.8, 4) is 11.4 Å². The van der Waals surface area contributed by atoms with Gasteiger partial charge in [-0.1, -0.05) is 0 Å². The van der Waals surface area contributed by atoms with Crippen molar-refractivity contribution >= 4 is 6.01 Å². The topological polar surface area (TPSA) is 53.9 Å². The Bertz CT molecular complexity index is 389. The van der Waals surface area contributed by atoms with Gasteiger partial charge in [-0.15, -0.1) is 0 Å². The van der Waals surface area contributed by atoms with Gasteiger partial charge in [0, 0.05) is 13.2 Å². The molecule has 68 valence electrons. The summed E-state index contributed by atoms with van der Waals surface area (Å²) in [5, 5.41) is 2.86. The highest BCUT2D eigenvalue weighted by molar-refractivity contribution is 5.58. The van der Waals surface area contributed by atoms with Gasteiger partial charge in [-0.25, -0.2) is 0 Å². The number of nitrogens with one attached hydrogen (secondary N) is 2. The first-order valence-corrected chi connectivity index (χ1v) is 4.10. The summed E-state index contributed by atoms with van der Waals surface area (Å²) in [4.78, 5) is 7.34. The Hall–Kier alpha value is -1.71. The summed E-state index contributed by atoms with van der Waals surface area (Å²) in [6, 6.07) is 4.44. The Morgan fingerprint density at radius 1 is 1.54 bits per heavy atom. The highest BCUT2D eigenvalue weighted by Crippen LogP contribution is 2.23. The molecule has 0 spiro atoms. The van der Waals surface area contributed by atoms with Crippen LogP contribution < -0.4 is 5.32 Å². The zero-order valence-electron chi connectivity index (χ0n) is 7.59. The molecular formula is C9H11N3O. The largest absolute Gasteiger partial charge is 0.428 e. The molecule has 0 aliphatic heterocycles. The maximum absolute atomic E-state index is 5.35. The number of hydrogen-bond donors (Lipinski definition) is 2. The van der Waals surface area contributed by atoms with E-state index in [2.05, 4.69) is 15.3 Å². The Morgan fingerprint density at radius 2 is 2.38 bits per heavy atom. The molecule has 0 unspecified atom stereocenters. The number of aryl methyl sites for hydroxylation is 1. The van der Waals surface area contributed by atoms with Crippen molar-refractivity contribution in [3.05, 3.63) is 24.1 Å². The number of oxazole rings is 1. The lowest BCUT2D eigenvalue weighted by atomic mass is 10.3. The summed E-state index contributed by atoms with van der Waals surface area (Å²) >= 11 is 0. The van der Waals surface area contributed by atoms with Gasteiger partial charge in [0.15, 0.2) is 0 Å². The molecule has 0 saturated carbocycles. The van der Waals surface area contributed by atoms with Crippen LogP contribution in [0.25, 0.3) is 11.4 Å². The minimum Gasteiger partial charge on any atom is -0.428 e. The van der Waals surface area contributed by atoms with E-state index in [0.29, 0.717) is 6.01 Å². The third-order valence-electron chi connectivity index (χ3n) is 1.86. The van der Waals surface area contributed by atoms with Crippen LogP contribution in [0.2, 0.25) is 0 Å². The third kappa shape index (κ3) is 1.30. The van der Waals surface area contributed by atoms with Crippen LogP contribution in [-0.2, 0) is 0 Å². The van der Waals surface area contributed by atoms with Crippen molar-refractivity contribution in [2.45, 2.75) is 6.92 Å². The molecule has 0 saturated heterocycles. The van der Waals surface area contributed by atoms with E-state index in [1.165, 1.54) is 0 Å². The van der Waals surface area contributed by atoms with Gasteiger partial charge in [-0.2, -0.15) is 4.98 Å². The molecule has 2 aromatic heterocycles. The fourth-order valence-corrected chi connectivity index (χ4v) is 1.23. The molecule has 0 aromatic carbocycles. The molecule has 2 rings (SSSR count). The molecule has 13 heavy (non-hydrogen) atoms. The summed E-state index contributed by atoms with van der Waals surface area (Å²) in [7, 11) is 1.78. The van der Waals surface area contributed by atoms with Crippen LogP contribution in [0, 0.1) is 6.92 Å². The van der Waals surface area contributed by atoms with Gasteiger partial charge in [0.05, 0.1) is 5.69 Å². The van der Waals surface area contributed by atoms with Gasteiger partial charge in [0.1, 0.15) is 11.5 Å². The lowest BCUT2D eigenvalue weighted by Gasteiger charge is -1.89. The quantitative estimate of drug-likeness (QED) is 0.737. The van der Waals surface area contributed by atoms with E-state index >= 15 is 0 Å². The van der Waals surface area contributed by atoms with Crippen LogP contribution in [0.15, 0.2) is 22.7 Å². The molecule has 4 nitrogen and oxygen atoms in total. The number of H-pyrrole nitrogens is 1. The number of rotatable bonds is 2. The molecule has 2 heterocycles. The maximum atomic E-state index is 5.35. The zero-order valence-corrected chi connectivity index (χ0v) is 7.59. The number of nitrogens with zero attached hydrogens (tertiary/aromatic N) is 1. The minimum absolute atomic E-state index is 0.544. The average molecular weight is 177 g/mol. The Labute approximate surface area is 76.0 Å². The van der Waals surface area contributed by atoms with Gasteiger partial charge in [-0.3, -0.25) is 0 Å². The third-order valence-corrected chi connectivity index (χ3v) is 1.86. The molecule has 4 heteroatoms. The maximum Gasteiger partial charge on any atom is 0.295 e. The lowest BCUT2D eigenvalue weighted by molar-refractivity contribution is 0.544. The average Bonchev–Trinajstić information content (AvgIpc) is 2.72. The van der Waals surface area contributed by atoms with Crippen LogP contribution in [-0.4, -0.2) is 17.0 Å². The normalized spacial score (nSPS) is 10.3. The fourth-order valence-electron chi connectivity index (χ4n) is 1.23. The molecule has 0 amide bonds. The van der Waals surface area contributed by atoms with E-state index in [0.717, 1.165) is 17.1 Å². The van der Waals surface area contributed by atoms with Crippen molar-refractivity contribution < 1.29 is 4.42 Å². The number of aromatic nitrogens is 2. The van der Waals surface area contributed by atoms with E-state index in [9.17, 15) is 0 Å². The SMILES string of the molecule is CNc1nc(-c2ccc[nH]2)c(C)o1. The zero-order chi connectivity index (χ0) is 9.26. The molecule has 2 N–H and O–H groups in total. The van der Waals surface area contributed by atoms with Gasteiger partial charge >= 0.3 is 0 Å². The second kappa shape index (κ2) is 2.97. The second-order valence-electron chi connectivity index (χ2n) is 2.76. The summed E-state index contributed by atoms with van der Waals surface area (Å²) in [5.41, 5.74) is 1.83. The predicted octanol–water partition coefficient (Wildman–Crippen LogP) is 2.02. The summed E-state index contributed by atoms with van der Waals surface area (Å²) in [6.07, 6.45) is 1.86. The number of anilines is 1. The molecule has 0 aliphatic rings. The highest BCUT2D eigenvalue weighted by Gasteiger charge is 2.10. The van der Waals surface area contributed by atoms with Crippen LogP contribution in [0.4, 0.5) is 6.01 Å². The molecule has 0 aliphatic carbocycles. The molecule has 0 atom stereocenters. The monoisotopic (exact) mass is 177 g/mol. The molecule has 0 bridgehead atoms. The van der Waals surface area contributed by atoms with Crippen molar-refractivity contribution in [2.75, 3.05) is 12.4 Å². The number of aromatic amines is 1. The Balaban J connectivity index is 2.46. The lowest BCUT2D eigenvalue weighted by Crippen LogP contribution is -1.86. The van der Waals surface area contributed by atoms with Gasteiger partial charge in [0.2, 0.25) is 0 Å². The first-order valence-electron chi connectivity index (χ1n) is 4.10. The van der Waals surface area contributed by atoms with Gasteiger partial charge in [0.25, 0.3) is 6.01 Å². The van der Waals surface area contributed by atoms with Gasteiger partial charge < -0.3 is 14.7 Å². The van der Waals surface area contributed by atoms with Crippen molar-refractivity contribution in [2.24, 2.45) is 0 Å². The van der Waals surface area contributed by atoms with Crippen molar-refractivity contribution in [1.29, 1.82) is 0 Å². The number of hydrogen-bond acceptors (Lipinski definition) is 3. The van der Waals surface area contributed by atoms with Gasteiger partial charge in [-0.05, 0) is 19.1 Å². The smallest absolute Gasteiger partial charge is 0.295 e. The van der Waals surface area contributed by atoms with E-state index in [-0.39, 0.29) is 0 Å². The molecule has 0 fully saturated rings. The van der Waals surface area contributed by atoms with Crippen LogP contribution in [0.5, 0.6) is 0 Å². The fraction of sp³-hybridized carbons (Fsp3) is 0.222. The molecule has 0 radical (unpaired) electrons. The van der Waals surface area contributed by atoms with Crippen LogP contribution >= 0.6 is 0 Å². The second-order valence-corrected chi connectivity index (χ2v) is 2.76. The Kier molecular flexibility index (Phi) is 1.81. The first-order chi connectivity index (χ1) is 6.31. The van der Waals surface area contributed by atoms with E-state index in [4.69, 9.17) is 4.42 Å². The predicted molar refractivity (Wildman–Crippen MR) is 50.6 cm³/mol. The summed E-state index contributed by atoms with van der Waals surface area (Å²) < 4.78 is 5.35. The van der Waals surface area contributed by atoms with E-state index in [1.54, 1.807) is 7.05 Å². The van der Waals surface area contributed by atoms with Crippen LogP contribution in [0.3, 0.4) is 0 Å². The molecular weight excluding hydrogens is 166 g/mol. The van der Waals surface area contributed by atoms with Crippen molar-refractivity contribution in [1.82, 2.24) is 9.97 Å². The van der Waals surface area contributed by atoms with E-state index in [1.807, 2.05) is 25.3 Å². The summed E-state index contributed by atoms with van der Waals surface area (Å²) in [6.45, 7) is 1.89. The first kappa shape index (κ1) is 7.91.